The molecule has 0 atom stereocenters. The van der Waals surface area contributed by atoms with E-state index in [9.17, 15) is 18.8 Å². The molecule has 1 fully saturated rings. The van der Waals surface area contributed by atoms with Gasteiger partial charge in [-0.3, -0.25) is 14.2 Å². The molecular formula is C18H21FN4O4. The van der Waals surface area contributed by atoms with Crippen molar-refractivity contribution in [2.45, 2.75) is 20.4 Å². The minimum absolute atomic E-state index is 0.139. The Kier molecular flexibility index (Phi) is 5.38. The van der Waals surface area contributed by atoms with Crippen molar-refractivity contribution in [3.05, 3.63) is 40.2 Å². The standard InChI is InChI=1S/C18H21FN4O4/c1-3-27-18(26)22-8-6-21(7-9-22)16(24)11-23-12(2)20-15-5-4-13(19)10-14(15)17(23)25/h4-5,10H,3,6-9,11H2,1-2H3. The summed E-state index contributed by atoms with van der Waals surface area (Å²) >= 11 is 0. The van der Waals surface area contributed by atoms with Crippen LogP contribution in [0, 0.1) is 12.7 Å². The molecule has 0 unspecified atom stereocenters. The molecule has 2 amide bonds. The molecule has 3 rings (SSSR count). The first kappa shape index (κ1) is 18.8. The lowest BCUT2D eigenvalue weighted by atomic mass is 10.2. The van der Waals surface area contributed by atoms with E-state index in [2.05, 4.69) is 4.98 Å². The smallest absolute Gasteiger partial charge is 0.409 e. The number of aromatic nitrogens is 2. The maximum atomic E-state index is 13.5. The molecule has 1 aliphatic heterocycles. The number of carbonyl (C=O) groups excluding carboxylic acids is 2. The SMILES string of the molecule is CCOC(=O)N1CCN(C(=O)Cn2c(C)nc3ccc(F)cc3c2=O)CC1. The number of carbonyl (C=O) groups is 2. The Morgan fingerprint density at radius 3 is 2.52 bits per heavy atom. The van der Waals surface area contributed by atoms with Crippen molar-refractivity contribution in [3.63, 3.8) is 0 Å². The Labute approximate surface area is 155 Å². The van der Waals surface area contributed by atoms with Gasteiger partial charge in [0, 0.05) is 26.2 Å². The highest BCUT2D eigenvalue weighted by Crippen LogP contribution is 2.11. The van der Waals surface area contributed by atoms with Crippen LogP contribution in [0.15, 0.2) is 23.0 Å². The van der Waals surface area contributed by atoms with Crippen molar-refractivity contribution in [2.75, 3.05) is 32.8 Å². The number of piperazine rings is 1. The summed E-state index contributed by atoms with van der Waals surface area (Å²) in [5, 5.41) is 0.139. The normalized spacial score (nSPS) is 14.5. The molecule has 9 heteroatoms. The van der Waals surface area contributed by atoms with Crippen LogP contribution in [-0.2, 0) is 16.1 Å². The van der Waals surface area contributed by atoms with Crippen LogP contribution >= 0.6 is 0 Å². The van der Waals surface area contributed by atoms with Gasteiger partial charge in [0.05, 0.1) is 17.5 Å². The highest BCUT2D eigenvalue weighted by atomic mass is 19.1. The molecule has 0 N–H and O–H groups in total. The van der Waals surface area contributed by atoms with E-state index < -0.39 is 17.5 Å². The van der Waals surface area contributed by atoms with E-state index >= 15 is 0 Å². The predicted molar refractivity (Wildman–Crippen MR) is 95.9 cm³/mol. The first-order valence-corrected chi connectivity index (χ1v) is 8.77. The van der Waals surface area contributed by atoms with Crippen LogP contribution in [0.1, 0.15) is 12.7 Å². The van der Waals surface area contributed by atoms with Crippen molar-refractivity contribution < 1.29 is 18.7 Å². The number of hydrogen-bond acceptors (Lipinski definition) is 5. The van der Waals surface area contributed by atoms with Crippen molar-refractivity contribution in [1.82, 2.24) is 19.4 Å². The van der Waals surface area contributed by atoms with Gasteiger partial charge >= 0.3 is 6.09 Å². The number of benzene rings is 1. The summed E-state index contributed by atoms with van der Waals surface area (Å²) < 4.78 is 19.7. The van der Waals surface area contributed by atoms with Gasteiger partial charge < -0.3 is 14.5 Å². The summed E-state index contributed by atoms with van der Waals surface area (Å²) in [6, 6.07) is 3.82. The molecule has 0 bridgehead atoms. The van der Waals surface area contributed by atoms with E-state index in [-0.39, 0.29) is 17.8 Å². The molecule has 2 heterocycles. The van der Waals surface area contributed by atoms with E-state index in [0.29, 0.717) is 44.1 Å². The fourth-order valence-corrected chi connectivity index (χ4v) is 3.08. The van der Waals surface area contributed by atoms with Crippen LogP contribution in [0.4, 0.5) is 9.18 Å². The molecule has 144 valence electrons. The summed E-state index contributed by atoms with van der Waals surface area (Å²) in [7, 11) is 0. The number of ether oxygens (including phenoxy) is 1. The molecule has 0 saturated carbocycles. The van der Waals surface area contributed by atoms with Crippen LogP contribution in [0.25, 0.3) is 10.9 Å². The topological polar surface area (TPSA) is 84.7 Å². The third-order valence-electron chi connectivity index (χ3n) is 4.56. The largest absolute Gasteiger partial charge is 0.450 e. The van der Waals surface area contributed by atoms with Crippen molar-refractivity contribution in [1.29, 1.82) is 0 Å². The van der Waals surface area contributed by atoms with Crippen LogP contribution in [0.5, 0.6) is 0 Å². The van der Waals surface area contributed by atoms with Gasteiger partial charge in [0.25, 0.3) is 5.56 Å². The zero-order chi connectivity index (χ0) is 19.6. The minimum Gasteiger partial charge on any atom is -0.450 e. The fourth-order valence-electron chi connectivity index (χ4n) is 3.08. The van der Waals surface area contributed by atoms with Crippen LogP contribution in [-0.4, -0.2) is 64.1 Å². The summed E-state index contributed by atoms with van der Waals surface area (Å²) in [4.78, 5) is 44.4. The molecular weight excluding hydrogens is 355 g/mol. The number of halogens is 1. The van der Waals surface area contributed by atoms with Crippen molar-refractivity contribution >= 4 is 22.9 Å². The molecule has 1 aliphatic rings. The van der Waals surface area contributed by atoms with E-state index in [1.54, 1.807) is 23.6 Å². The highest BCUT2D eigenvalue weighted by molar-refractivity contribution is 5.79. The molecule has 0 radical (unpaired) electrons. The van der Waals surface area contributed by atoms with Gasteiger partial charge in [-0.25, -0.2) is 14.2 Å². The Hall–Kier alpha value is -2.97. The van der Waals surface area contributed by atoms with Gasteiger partial charge in [-0.1, -0.05) is 0 Å². The second-order valence-electron chi connectivity index (χ2n) is 6.28. The Bertz CT molecular complexity index is 935. The summed E-state index contributed by atoms with van der Waals surface area (Å²) in [6.07, 6.45) is -0.391. The summed E-state index contributed by atoms with van der Waals surface area (Å²) in [5.74, 6) is -0.392. The molecule has 0 spiro atoms. The number of rotatable bonds is 3. The zero-order valence-electron chi connectivity index (χ0n) is 15.3. The number of nitrogens with zero attached hydrogens (tertiary/aromatic N) is 4. The Morgan fingerprint density at radius 1 is 1.19 bits per heavy atom. The average molecular weight is 376 g/mol. The lowest BCUT2D eigenvalue weighted by molar-refractivity contribution is -0.133. The molecule has 1 saturated heterocycles. The quantitative estimate of drug-likeness (QED) is 0.802. The Morgan fingerprint density at radius 2 is 1.85 bits per heavy atom. The lowest BCUT2D eigenvalue weighted by Crippen LogP contribution is -2.51. The van der Waals surface area contributed by atoms with Gasteiger partial charge in [0.1, 0.15) is 18.2 Å². The van der Waals surface area contributed by atoms with Gasteiger partial charge in [0.2, 0.25) is 5.91 Å². The average Bonchev–Trinajstić information content (AvgIpc) is 2.66. The van der Waals surface area contributed by atoms with Crippen molar-refractivity contribution in [2.24, 2.45) is 0 Å². The summed E-state index contributed by atoms with van der Waals surface area (Å²) in [6.45, 7) is 4.97. The number of fused-ring (bicyclic) bond motifs is 1. The summed E-state index contributed by atoms with van der Waals surface area (Å²) in [5.41, 5.74) is -0.0545. The molecule has 2 aromatic rings. The van der Waals surface area contributed by atoms with E-state index in [1.165, 1.54) is 16.7 Å². The zero-order valence-corrected chi connectivity index (χ0v) is 15.3. The van der Waals surface area contributed by atoms with Gasteiger partial charge in [-0.2, -0.15) is 0 Å². The maximum Gasteiger partial charge on any atom is 0.409 e. The number of amides is 2. The first-order valence-electron chi connectivity index (χ1n) is 8.77. The van der Waals surface area contributed by atoms with E-state index in [4.69, 9.17) is 4.74 Å². The van der Waals surface area contributed by atoms with Crippen LogP contribution in [0.3, 0.4) is 0 Å². The second-order valence-corrected chi connectivity index (χ2v) is 6.28. The van der Waals surface area contributed by atoms with Gasteiger partial charge in [0.15, 0.2) is 0 Å². The molecule has 1 aromatic heterocycles. The van der Waals surface area contributed by atoms with E-state index in [1.807, 2.05) is 0 Å². The van der Waals surface area contributed by atoms with Crippen LogP contribution < -0.4 is 5.56 Å². The highest BCUT2D eigenvalue weighted by Gasteiger charge is 2.25. The van der Waals surface area contributed by atoms with E-state index in [0.717, 1.165) is 6.07 Å². The maximum absolute atomic E-state index is 13.5. The Balaban J connectivity index is 1.73. The minimum atomic E-state index is -0.529. The predicted octanol–water partition coefficient (Wildman–Crippen LogP) is 1.14. The lowest BCUT2D eigenvalue weighted by Gasteiger charge is -2.34. The monoisotopic (exact) mass is 376 g/mol. The molecule has 1 aromatic carbocycles. The molecule has 0 aliphatic carbocycles. The van der Waals surface area contributed by atoms with Crippen LogP contribution in [0.2, 0.25) is 0 Å². The number of hydrogen-bond donors (Lipinski definition) is 0. The molecule has 8 nitrogen and oxygen atoms in total. The fraction of sp³-hybridized carbons (Fsp3) is 0.444. The van der Waals surface area contributed by atoms with Gasteiger partial charge in [-0.15, -0.1) is 0 Å². The van der Waals surface area contributed by atoms with Gasteiger partial charge in [-0.05, 0) is 32.0 Å². The third-order valence-corrected chi connectivity index (χ3v) is 4.56. The van der Waals surface area contributed by atoms with Crippen molar-refractivity contribution in [3.8, 4) is 0 Å². The third kappa shape index (κ3) is 3.91. The number of aryl methyl sites for hydroxylation is 1. The molecule has 27 heavy (non-hydrogen) atoms. The second kappa shape index (κ2) is 7.73. The first-order chi connectivity index (χ1) is 12.9.